The minimum absolute atomic E-state index is 0.0144. The number of nitrogens with one attached hydrogen (secondary N) is 2. The average Bonchev–Trinajstić information content (AvgIpc) is 3.39. The van der Waals surface area contributed by atoms with Crippen LogP contribution in [0.25, 0.3) is 0 Å². The van der Waals surface area contributed by atoms with Gasteiger partial charge in [0.1, 0.15) is 0 Å². The molecule has 278 valence electrons. The summed E-state index contributed by atoms with van der Waals surface area (Å²) in [5, 5.41) is 19.4. The zero-order valence-electron chi connectivity index (χ0n) is 30.9. The minimum Gasteiger partial charge on any atom is -0.393 e. The van der Waals surface area contributed by atoms with E-state index in [9.17, 15) is 18.1 Å². The normalized spacial score (nSPS) is 38.0. The predicted octanol–water partition coefficient (Wildman–Crippen LogP) is 6.33. The lowest BCUT2D eigenvalue weighted by Crippen LogP contribution is -2.59. The number of fused-ring (bicyclic) bond motifs is 5. The summed E-state index contributed by atoms with van der Waals surface area (Å²) >= 11 is 0. The Morgan fingerprint density at radius 2 is 1.71 bits per heavy atom. The summed E-state index contributed by atoms with van der Waals surface area (Å²) in [4.78, 5) is 6.73. The SMILES string of the molecule is CC(C)[C@@H](CC[C@@H](C)[C@H]1CCC2C3C(O)C[C@H]4C[C@@H](NCCCNCCCCN5C=NCCC5)CC[C@]4(C)C3CC[C@@]21C)OS(=O)(=O)O. The predicted molar refractivity (Wildman–Crippen MR) is 194 cm³/mol. The van der Waals surface area contributed by atoms with Crippen molar-refractivity contribution in [3.63, 3.8) is 0 Å². The van der Waals surface area contributed by atoms with Gasteiger partial charge < -0.3 is 20.6 Å². The van der Waals surface area contributed by atoms with Gasteiger partial charge in [0.2, 0.25) is 0 Å². The van der Waals surface area contributed by atoms with E-state index in [0.29, 0.717) is 53.4 Å². The first-order chi connectivity index (χ1) is 22.8. The van der Waals surface area contributed by atoms with Gasteiger partial charge in [-0.3, -0.25) is 9.55 Å². The Kier molecular flexibility index (Phi) is 13.4. The van der Waals surface area contributed by atoms with Crippen molar-refractivity contribution in [2.24, 2.45) is 57.2 Å². The van der Waals surface area contributed by atoms with Gasteiger partial charge in [-0.05, 0) is 162 Å². The Morgan fingerprint density at radius 3 is 2.44 bits per heavy atom. The summed E-state index contributed by atoms with van der Waals surface area (Å²) in [5.41, 5.74) is 0.545. The maximum atomic E-state index is 11.8. The van der Waals surface area contributed by atoms with E-state index in [4.69, 9.17) is 4.18 Å². The van der Waals surface area contributed by atoms with Crippen LogP contribution in [0.4, 0.5) is 0 Å². The molecule has 4 unspecified atom stereocenters. The standard InChI is InChI=1S/C38H70N4O5S/c1-27(2)35(47-48(44,45)46)13-10-28(3)31-11-12-32-36-33(15-17-38(31,32)5)37(4)16-14-30(24-29(37)25-34(36)43)41-21-8-19-39-18-6-7-22-42-23-9-20-40-26-42/h26-36,39,41,43H,6-25H2,1-5H3,(H,44,45,46)/t28-,29-,30+,31-,32?,33?,34?,35-,36?,37+,38-/m1/s1. The van der Waals surface area contributed by atoms with Gasteiger partial charge in [0.25, 0.3) is 0 Å². The number of aliphatic hydroxyl groups is 1. The molecule has 0 aromatic carbocycles. The lowest BCUT2D eigenvalue weighted by Gasteiger charge is -2.62. The molecule has 10 heteroatoms. The number of nitrogens with zero attached hydrogens (tertiary/aromatic N) is 2. The smallest absolute Gasteiger partial charge is 0.393 e. The van der Waals surface area contributed by atoms with Crippen LogP contribution in [0, 0.1) is 52.3 Å². The van der Waals surface area contributed by atoms with Crippen molar-refractivity contribution in [2.45, 2.75) is 143 Å². The van der Waals surface area contributed by atoms with Crippen molar-refractivity contribution in [2.75, 3.05) is 39.3 Å². The van der Waals surface area contributed by atoms with Gasteiger partial charge in [0.15, 0.2) is 0 Å². The second-order valence-corrected chi connectivity index (χ2v) is 18.6. The fourth-order valence-corrected chi connectivity index (χ4v) is 12.3. The second kappa shape index (κ2) is 16.7. The average molecular weight is 695 g/mol. The van der Waals surface area contributed by atoms with Crippen LogP contribution in [0.1, 0.15) is 125 Å². The highest BCUT2D eigenvalue weighted by molar-refractivity contribution is 7.80. The van der Waals surface area contributed by atoms with Gasteiger partial charge in [-0.25, -0.2) is 4.18 Å². The zero-order chi connectivity index (χ0) is 34.5. The minimum atomic E-state index is -4.46. The van der Waals surface area contributed by atoms with Crippen LogP contribution >= 0.6 is 0 Å². The highest BCUT2D eigenvalue weighted by atomic mass is 32.3. The van der Waals surface area contributed by atoms with Gasteiger partial charge in [-0.2, -0.15) is 8.42 Å². The molecule has 9 nitrogen and oxygen atoms in total. The first-order valence-electron chi connectivity index (χ1n) is 19.8. The highest BCUT2D eigenvalue weighted by Crippen LogP contribution is 2.68. The molecular formula is C38H70N4O5S. The fourth-order valence-electron chi connectivity index (χ4n) is 11.6. The van der Waals surface area contributed by atoms with Crippen LogP contribution < -0.4 is 10.6 Å². The Hall–Kier alpha value is -0.780. The van der Waals surface area contributed by atoms with Crippen LogP contribution in [0.3, 0.4) is 0 Å². The van der Waals surface area contributed by atoms with Crippen molar-refractivity contribution >= 4 is 16.7 Å². The molecular weight excluding hydrogens is 625 g/mol. The summed E-state index contributed by atoms with van der Waals surface area (Å²) in [7, 11) is -4.46. The Labute approximate surface area is 293 Å². The molecule has 4 fully saturated rings. The molecule has 5 rings (SSSR count). The lowest BCUT2D eigenvalue weighted by atomic mass is 9.43. The van der Waals surface area contributed by atoms with Crippen LogP contribution in [0.15, 0.2) is 4.99 Å². The number of aliphatic imine (C=N–C) groups is 1. The van der Waals surface area contributed by atoms with Crippen molar-refractivity contribution in [1.29, 1.82) is 0 Å². The van der Waals surface area contributed by atoms with Gasteiger partial charge in [0.05, 0.1) is 18.5 Å². The molecule has 0 bridgehead atoms. The number of rotatable bonds is 17. The maximum absolute atomic E-state index is 11.8. The summed E-state index contributed by atoms with van der Waals surface area (Å²) in [5.74, 6) is 3.21. The number of hydrogen-bond donors (Lipinski definition) is 4. The van der Waals surface area contributed by atoms with Crippen molar-refractivity contribution < 1.29 is 22.3 Å². The van der Waals surface area contributed by atoms with Gasteiger partial charge in [-0.15, -0.1) is 0 Å². The van der Waals surface area contributed by atoms with Crippen LogP contribution in [-0.2, 0) is 14.6 Å². The molecule has 4 saturated carbocycles. The molecule has 5 aliphatic rings. The second-order valence-electron chi connectivity index (χ2n) is 17.5. The molecule has 0 aromatic rings. The zero-order valence-corrected chi connectivity index (χ0v) is 31.7. The van der Waals surface area contributed by atoms with Crippen LogP contribution in [0.5, 0.6) is 0 Å². The Morgan fingerprint density at radius 1 is 0.958 bits per heavy atom. The molecule has 4 N–H and O–H groups in total. The van der Waals surface area contributed by atoms with Gasteiger partial charge in [-0.1, -0.05) is 34.6 Å². The molecule has 0 radical (unpaired) electrons. The molecule has 4 aliphatic carbocycles. The summed E-state index contributed by atoms with van der Waals surface area (Å²) < 4.78 is 37.2. The third-order valence-electron chi connectivity index (χ3n) is 14.3. The largest absolute Gasteiger partial charge is 0.397 e. The summed E-state index contributed by atoms with van der Waals surface area (Å²) in [6.07, 6.45) is 17.2. The number of aliphatic hydroxyl groups excluding tert-OH is 1. The quantitative estimate of drug-likeness (QED) is 0.103. The van der Waals surface area contributed by atoms with E-state index in [1.54, 1.807) is 0 Å². The molecule has 11 atom stereocenters. The Bertz CT molecular complexity index is 1150. The molecule has 0 aromatic heterocycles. The third kappa shape index (κ3) is 9.17. The van der Waals surface area contributed by atoms with E-state index in [-0.39, 0.29) is 17.4 Å². The van der Waals surface area contributed by atoms with E-state index < -0.39 is 16.5 Å². The van der Waals surface area contributed by atoms with E-state index in [0.717, 1.165) is 58.5 Å². The molecule has 0 spiro atoms. The van der Waals surface area contributed by atoms with Crippen LogP contribution in [-0.4, -0.2) is 86.8 Å². The Balaban J connectivity index is 1.06. The molecule has 48 heavy (non-hydrogen) atoms. The van der Waals surface area contributed by atoms with Crippen molar-refractivity contribution in [3.8, 4) is 0 Å². The molecule has 1 aliphatic heterocycles. The monoisotopic (exact) mass is 695 g/mol. The lowest BCUT2D eigenvalue weighted by molar-refractivity contribution is -0.167. The van der Waals surface area contributed by atoms with Crippen LogP contribution in [0.2, 0.25) is 0 Å². The van der Waals surface area contributed by atoms with E-state index in [1.165, 1.54) is 64.2 Å². The van der Waals surface area contributed by atoms with E-state index in [1.807, 2.05) is 20.2 Å². The van der Waals surface area contributed by atoms with Gasteiger partial charge >= 0.3 is 10.4 Å². The first kappa shape index (κ1) is 38.5. The molecule has 0 saturated heterocycles. The maximum Gasteiger partial charge on any atom is 0.397 e. The summed E-state index contributed by atoms with van der Waals surface area (Å²) in [6.45, 7) is 17.8. The summed E-state index contributed by atoms with van der Waals surface area (Å²) in [6, 6.07) is 0.572. The van der Waals surface area contributed by atoms with Gasteiger partial charge in [0, 0.05) is 25.7 Å². The molecule has 1 heterocycles. The fraction of sp³-hybridized carbons (Fsp3) is 0.974. The van der Waals surface area contributed by atoms with E-state index in [2.05, 4.69) is 41.3 Å². The van der Waals surface area contributed by atoms with Crippen molar-refractivity contribution in [3.05, 3.63) is 0 Å². The first-order valence-corrected chi connectivity index (χ1v) is 21.2. The molecule has 0 amide bonds. The van der Waals surface area contributed by atoms with Crippen molar-refractivity contribution in [1.82, 2.24) is 15.5 Å². The number of hydrogen-bond acceptors (Lipinski definition) is 8. The third-order valence-corrected chi connectivity index (χ3v) is 14.8. The highest BCUT2D eigenvalue weighted by Gasteiger charge is 2.62. The topological polar surface area (TPSA) is 123 Å². The number of unbranched alkanes of at least 4 members (excludes halogenated alkanes) is 1. The van der Waals surface area contributed by atoms with E-state index >= 15 is 0 Å².